The lowest BCUT2D eigenvalue weighted by atomic mass is 9.89. The first-order valence-corrected chi connectivity index (χ1v) is 7.02. The van der Waals surface area contributed by atoms with Gasteiger partial charge in [0, 0.05) is 5.92 Å². The average molecular weight is 246 g/mol. The third-order valence-electron chi connectivity index (χ3n) is 3.95. The molecule has 3 atom stereocenters. The predicted molar refractivity (Wildman–Crippen MR) is 78.4 cm³/mol. The first-order valence-electron chi connectivity index (χ1n) is 7.02. The Morgan fingerprint density at radius 3 is 2.39 bits per heavy atom. The molecule has 0 heterocycles. The van der Waals surface area contributed by atoms with E-state index in [1.54, 1.807) is 6.92 Å². The molecule has 0 fully saturated rings. The van der Waals surface area contributed by atoms with Crippen molar-refractivity contribution in [1.82, 2.24) is 0 Å². The molecule has 0 aromatic rings. The Balaban J connectivity index is 2.85. The minimum absolute atomic E-state index is 0.107. The third kappa shape index (κ3) is 4.64. The fraction of sp³-hybridized carbons (Fsp3) is 0.588. The Bertz CT molecular complexity index is 360. The van der Waals surface area contributed by atoms with Crippen LogP contribution in [0.1, 0.15) is 47.0 Å². The van der Waals surface area contributed by atoms with E-state index in [1.165, 1.54) is 5.57 Å². The van der Waals surface area contributed by atoms with Gasteiger partial charge in [-0.1, -0.05) is 49.8 Å². The van der Waals surface area contributed by atoms with Crippen molar-refractivity contribution in [3.8, 4) is 0 Å². The maximum Gasteiger partial charge on any atom is 0.136 e. The Hall–Kier alpha value is -1.11. The van der Waals surface area contributed by atoms with Crippen LogP contribution in [0, 0.1) is 17.8 Å². The quantitative estimate of drug-likeness (QED) is 0.613. The van der Waals surface area contributed by atoms with Gasteiger partial charge < -0.3 is 0 Å². The van der Waals surface area contributed by atoms with Gasteiger partial charge in [0.25, 0.3) is 0 Å². The second kappa shape index (κ2) is 7.35. The summed E-state index contributed by atoms with van der Waals surface area (Å²) in [7, 11) is 0. The summed E-state index contributed by atoms with van der Waals surface area (Å²) < 4.78 is 0. The molecule has 0 N–H and O–H groups in total. The molecule has 3 unspecified atom stereocenters. The van der Waals surface area contributed by atoms with Gasteiger partial charge in [-0.3, -0.25) is 4.79 Å². The molecular formula is C17H26O. The van der Waals surface area contributed by atoms with Crippen LogP contribution in [0.5, 0.6) is 0 Å². The Kier molecular flexibility index (Phi) is 6.11. The lowest BCUT2D eigenvalue weighted by molar-refractivity contribution is -0.119. The van der Waals surface area contributed by atoms with Crippen molar-refractivity contribution in [2.45, 2.75) is 47.0 Å². The summed E-state index contributed by atoms with van der Waals surface area (Å²) in [6.45, 7) is 8.30. The molecule has 0 aromatic carbocycles. The molecule has 0 amide bonds. The number of hydrogen-bond acceptors (Lipinski definition) is 1. The molecule has 18 heavy (non-hydrogen) atoms. The van der Waals surface area contributed by atoms with Gasteiger partial charge in [-0.05, 0) is 44.9 Å². The number of allylic oxidation sites excluding steroid dienone is 6. The van der Waals surface area contributed by atoms with Crippen molar-refractivity contribution < 1.29 is 4.79 Å². The molecule has 0 saturated carbocycles. The highest BCUT2D eigenvalue weighted by Crippen LogP contribution is 2.21. The Labute approximate surface area is 112 Å². The first-order chi connectivity index (χ1) is 8.52. The van der Waals surface area contributed by atoms with Gasteiger partial charge >= 0.3 is 0 Å². The van der Waals surface area contributed by atoms with E-state index in [0.29, 0.717) is 17.6 Å². The number of carbonyl (C=O) groups excluding carboxylic acids is 1. The SMILES string of the molecule is CC(=O)C1CC/C=C/C(C)C(C)/C=C\CC=C1C. The first kappa shape index (κ1) is 14.9. The van der Waals surface area contributed by atoms with Crippen LogP contribution in [0.15, 0.2) is 36.0 Å². The molecule has 1 aliphatic rings. The predicted octanol–water partition coefficient (Wildman–Crippen LogP) is 4.71. The third-order valence-corrected chi connectivity index (χ3v) is 3.95. The number of ketones is 1. The van der Waals surface area contributed by atoms with E-state index >= 15 is 0 Å². The summed E-state index contributed by atoms with van der Waals surface area (Å²) in [5, 5.41) is 0. The molecule has 1 rings (SSSR count). The van der Waals surface area contributed by atoms with E-state index in [0.717, 1.165) is 19.3 Å². The second-order valence-electron chi connectivity index (χ2n) is 5.50. The highest BCUT2D eigenvalue weighted by molar-refractivity contribution is 5.81. The summed E-state index contributed by atoms with van der Waals surface area (Å²) in [5.74, 6) is 1.55. The fourth-order valence-corrected chi connectivity index (χ4v) is 2.37. The van der Waals surface area contributed by atoms with E-state index in [-0.39, 0.29) is 5.92 Å². The highest BCUT2D eigenvalue weighted by Gasteiger charge is 2.15. The minimum atomic E-state index is 0.107. The zero-order chi connectivity index (χ0) is 13.5. The standard InChI is InChI=1S/C17H26O/c1-13-9-5-6-11-15(3)17(16(4)18)12-8-7-10-14(13)2/h5,7,9-11,13-14,17H,6,8,12H2,1-4H3/b9-5-,10-7+,15-11?. The van der Waals surface area contributed by atoms with Crippen molar-refractivity contribution >= 4 is 5.78 Å². The van der Waals surface area contributed by atoms with Crippen LogP contribution in [0.25, 0.3) is 0 Å². The van der Waals surface area contributed by atoms with Gasteiger partial charge in [0.05, 0.1) is 0 Å². The van der Waals surface area contributed by atoms with Gasteiger partial charge in [0.2, 0.25) is 0 Å². The van der Waals surface area contributed by atoms with Crippen LogP contribution in [0.3, 0.4) is 0 Å². The highest BCUT2D eigenvalue weighted by atomic mass is 16.1. The summed E-state index contributed by atoms with van der Waals surface area (Å²) in [6.07, 6.45) is 14.1. The lowest BCUT2D eigenvalue weighted by Crippen LogP contribution is -2.12. The maximum absolute atomic E-state index is 11.7. The van der Waals surface area contributed by atoms with Crippen molar-refractivity contribution in [3.05, 3.63) is 36.0 Å². The Morgan fingerprint density at radius 1 is 1.17 bits per heavy atom. The van der Waals surface area contributed by atoms with E-state index in [2.05, 4.69) is 51.2 Å². The molecule has 0 bridgehead atoms. The van der Waals surface area contributed by atoms with E-state index in [1.807, 2.05) is 0 Å². The normalized spacial score (nSPS) is 33.8. The molecular weight excluding hydrogens is 220 g/mol. The van der Waals surface area contributed by atoms with Crippen LogP contribution in [-0.4, -0.2) is 5.78 Å². The van der Waals surface area contributed by atoms with E-state index < -0.39 is 0 Å². The van der Waals surface area contributed by atoms with E-state index in [4.69, 9.17) is 0 Å². The van der Waals surface area contributed by atoms with Crippen molar-refractivity contribution in [3.63, 3.8) is 0 Å². The molecule has 1 nitrogen and oxygen atoms in total. The largest absolute Gasteiger partial charge is 0.299 e. The number of hydrogen-bond donors (Lipinski definition) is 0. The van der Waals surface area contributed by atoms with Gasteiger partial charge in [0.1, 0.15) is 5.78 Å². The van der Waals surface area contributed by atoms with E-state index in [9.17, 15) is 4.79 Å². The molecule has 1 heteroatoms. The molecule has 0 saturated heterocycles. The lowest BCUT2D eigenvalue weighted by Gasteiger charge is -2.16. The summed E-state index contributed by atoms with van der Waals surface area (Å²) >= 11 is 0. The minimum Gasteiger partial charge on any atom is -0.299 e. The Morgan fingerprint density at radius 2 is 1.78 bits per heavy atom. The molecule has 0 spiro atoms. The smallest absolute Gasteiger partial charge is 0.136 e. The molecule has 100 valence electrons. The molecule has 0 aromatic heterocycles. The van der Waals surface area contributed by atoms with Gasteiger partial charge in [-0.15, -0.1) is 0 Å². The number of rotatable bonds is 1. The fourth-order valence-electron chi connectivity index (χ4n) is 2.37. The average Bonchev–Trinajstić information content (AvgIpc) is 2.31. The van der Waals surface area contributed by atoms with Crippen molar-refractivity contribution in [2.75, 3.05) is 0 Å². The number of Topliss-reactive ketones (excluding diaryl/α,β-unsaturated/α-hetero) is 1. The zero-order valence-corrected chi connectivity index (χ0v) is 12.1. The van der Waals surface area contributed by atoms with Gasteiger partial charge in [-0.25, -0.2) is 0 Å². The van der Waals surface area contributed by atoms with Crippen LogP contribution in [0.4, 0.5) is 0 Å². The van der Waals surface area contributed by atoms with Crippen LogP contribution in [-0.2, 0) is 4.79 Å². The molecule has 1 aliphatic carbocycles. The van der Waals surface area contributed by atoms with Crippen molar-refractivity contribution in [1.29, 1.82) is 0 Å². The van der Waals surface area contributed by atoms with Crippen LogP contribution < -0.4 is 0 Å². The van der Waals surface area contributed by atoms with Crippen LogP contribution >= 0.6 is 0 Å². The van der Waals surface area contributed by atoms with Gasteiger partial charge in [0.15, 0.2) is 0 Å². The summed E-state index contributed by atoms with van der Waals surface area (Å²) in [5.41, 5.74) is 1.22. The summed E-state index contributed by atoms with van der Waals surface area (Å²) in [6, 6.07) is 0. The molecule has 0 radical (unpaired) electrons. The zero-order valence-electron chi connectivity index (χ0n) is 12.1. The molecule has 0 aliphatic heterocycles. The van der Waals surface area contributed by atoms with Crippen LogP contribution in [0.2, 0.25) is 0 Å². The summed E-state index contributed by atoms with van der Waals surface area (Å²) in [4.78, 5) is 11.7. The van der Waals surface area contributed by atoms with Gasteiger partial charge in [-0.2, -0.15) is 0 Å². The second-order valence-corrected chi connectivity index (χ2v) is 5.50. The maximum atomic E-state index is 11.7. The monoisotopic (exact) mass is 246 g/mol. The number of carbonyl (C=O) groups is 1. The topological polar surface area (TPSA) is 17.1 Å². The van der Waals surface area contributed by atoms with Crippen molar-refractivity contribution in [2.24, 2.45) is 17.8 Å².